The SMILES string of the molecule is O=C(O)c1cc(CCN2CCCC2)ccc1Nc1cc(C(=O)N2CCC(CCN3CCCC3)CC2)ccc1C(=O)N1CCC(CCN2CCCC2)CC1. The van der Waals surface area contributed by atoms with Gasteiger partial charge in [-0.25, -0.2) is 4.79 Å². The smallest absolute Gasteiger partial charge is 0.337 e. The first-order valence-corrected chi connectivity index (χ1v) is 20.9. The highest BCUT2D eigenvalue weighted by Crippen LogP contribution is 2.31. The number of nitrogens with one attached hydrogen (secondary N) is 1. The van der Waals surface area contributed by atoms with Crippen molar-refractivity contribution in [3.8, 4) is 0 Å². The Balaban J connectivity index is 1.05. The Hall–Kier alpha value is -3.47. The van der Waals surface area contributed by atoms with Gasteiger partial charge in [-0.3, -0.25) is 9.59 Å². The van der Waals surface area contributed by atoms with Crippen molar-refractivity contribution in [3.63, 3.8) is 0 Å². The fraction of sp³-hybridized carbons (Fsp3) is 0.651. The summed E-state index contributed by atoms with van der Waals surface area (Å²) in [6, 6.07) is 10.9. The van der Waals surface area contributed by atoms with E-state index in [1.54, 1.807) is 24.3 Å². The van der Waals surface area contributed by atoms with E-state index < -0.39 is 5.97 Å². The first-order chi connectivity index (χ1) is 25.9. The Morgan fingerprint density at radius 3 is 1.60 bits per heavy atom. The lowest BCUT2D eigenvalue weighted by Gasteiger charge is -2.34. The number of benzene rings is 2. The van der Waals surface area contributed by atoms with E-state index in [4.69, 9.17) is 0 Å². The molecule has 2 N–H and O–H groups in total. The van der Waals surface area contributed by atoms with Crippen molar-refractivity contribution in [1.29, 1.82) is 0 Å². The van der Waals surface area contributed by atoms with E-state index in [9.17, 15) is 19.5 Å². The van der Waals surface area contributed by atoms with Crippen LogP contribution in [0.3, 0.4) is 0 Å². The summed E-state index contributed by atoms with van der Waals surface area (Å²) in [4.78, 5) is 52.2. The molecule has 2 amide bonds. The number of carboxylic acid groups (broad SMARTS) is 1. The van der Waals surface area contributed by atoms with Crippen molar-refractivity contribution in [1.82, 2.24) is 24.5 Å². The number of aromatic carboxylic acids is 1. The van der Waals surface area contributed by atoms with Crippen LogP contribution in [0.15, 0.2) is 36.4 Å². The summed E-state index contributed by atoms with van der Waals surface area (Å²) >= 11 is 0. The zero-order valence-electron chi connectivity index (χ0n) is 31.9. The average molecular weight is 727 g/mol. The van der Waals surface area contributed by atoms with Crippen molar-refractivity contribution in [3.05, 3.63) is 58.7 Å². The normalized spacial score (nSPS) is 21.1. The molecule has 5 aliphatic heterocycles. The van der Waals surface area contributed by atoms with Gasteiger partial charge in [0.1, 0.15) is 0 Å². The fourth-order valence-electron chi connectivity index (χ4n) is 9.38. The molecule has 53 heavy (non-hydrogen) atoms. The third-order valence-corrected chi connectivity index (χ3v) is 12.9. The second-order valence-electron chi connectivity index (χ2n) is 16.5. The molecule has 0 atom stereocenters. The third-order valence-electron chi connectivity index (χ3n) is 12.9. The highest BCUT2D eigenvalue weighted by atomic mass is 16.4. The number of nitrogens with zero attached hydrogens (tertiary/aromatic N) is 5. The van der Waals surface area contributed by atoms with E-state index in [0.717, 1.165) is 83.5 Å². The summed E-state index contributed by atoms with van der Waals surface area (Å²) < 4.78 is 0. The molecule has 0 radical (unpaired) electrons. The maximum atomic E-state index is 14.2. The van der Waals surface area contributed by atoms with E-state index in [2.05, 4.69) is 20.0 Å². The topological polar surface area (TPSA) is 99.7 Å². The lowest BCUT2D eigenvalue weighted by Crippen LogP contribution is -2.40. The monoisotopic (exact) mass is 726 g/mol. The lowest BCUT2D eigenvalue weighted by molar-refractivity contribution is 0.0671. The zero-order chi connectivity index (χ0) is 36.6. The van der Waals surface area contributed by atoms with Gasteiger partial charge in [0.15, 0.2) is 0 Å². The second kappa shape index (κ2) is 18.2. The molecule has 5 saturated heterocycles. The second-order valence-corrected chi connectivity index (χ2v) is 16.5. The van der Waals surface area contributed by atoms with E-state index in [1.165, 1.54) is 77.5 Å². The number of carboxylic acids is 1. The van der Waals surface area contributed by atoms with Crippen molar-refractivity contribution >= 4 is 29.2 Å². The van der Waals surface area contributed by atoms with Crippen molar-refractivity contribution in [2.24, 2.45) is 11.8 Å². The molecule has 0 bridgehead atoms. The number of amides is 2. The van der Waals surface area contributed by atoms with Gasteiger partial charge in [0.25, 0.3) is 11.8 Å². The molecule has 0 unspecified atom stereocenters. The maximum Gasteiger partial charge on any atom is 0.337 e. The van der Waals surface area contributed by atoms with Gasteiger partial charge in [-0.1, -0.05) is 6.07 Å². The molecule has 10 heteroatoms. The van der Waals surface area contributed by atoms with Gasteiger partial charge >= 0.3 is 5.97 Å². The number of likely N-dealkylation sites (tertiary alicyclic amines) is 5. The van der Waals surface area contributed by atoms with Gasteiger partial charge in [0, 0.05) is 38.3 Å². The van der Waals surface area contributed by atoms with E-state index >= 15 is 0 Å². The minimum atomic E-state index is -1.01. The summed E-state index contributed by atoms with van der Waals surface area (Å²) in [7, 11) is 0. The molecule has 5 heterocycles. The van der Waals surface area contributed by atoms with E-state index in [0.29, 0.717) is 47.4 Å². The predicted molar refractivity (Wildman–Crippen MR) is 210 cm³/mol. The highest BCUT2D eigenvalue weighted by Gasteiger charge is 2.29. The van der Waals surface area contributed by atoms with Gasteiger partial charge in [-0.2, -0.15) is 0 Å². The molecule has 7 rings (SSSR count). The number of anilines is 2. The van der Waals surface area contributed by atoms with Crippen LogP contribution in [0.1, 0.15) is 114 Å². The third kappa shape index (κ3) is 9.99. The highest BCUT2D eigenvalue weighted by molar-refractivity contribution is 6.04. The summed E-state index contributed by atoms with van der Waals surface area (Å²) in [6.07, 6.45) is 14.9. The van der Waals surface area contributed by atoms with Crippen molar-refractivity contribution in [2.75, 3.05) is 90.4 Å². The first kappa shape index (κ1) is 37.8. The van der Waals surface area contributed by atoms with Crippen LogP contribution in [0.2, 0.25) is 0 Å². The molecular formula is C43H62N6O4. The molecule has 5 aliphatic rings. The molecule has 10 nitrogen and oxygen atoms in total. The minimum Gasteiger partial charge on any atom is -0.478 e. The van der Waals surface area contributed by atoms with Crippen LogP contribution in [-0.4, -0.2) is 132 Å². The fourth-order valence-corrected chi connectivity index (χ4v) is 9.38. The first-order valence-electron chi connectivity index (χ1n) is 20.9. The number of carbonyl (C=O) groups is 3. The Labute approximate surface area is 316 Å². The maximum absolute atomic E-state index is 14.2. The standard InChI is InChI=1S/C43H62N6O4/c50-41(48-27-14-33(15-28-48)11-24-45-18-1-2-19-45)36-8-9-37(42(51)49-29-16-34(17-30-49)12-25-46-20-3-4-21-46)40(32-36)44-39-10-7-35(31-38(39)43(52)53)13-26-47-22-5-6-23-47/h7-10,31-34,44H,1-6,11-30H2,(H,52,53). The molecule has 5 fully saturated rings. The summed E-state index contributed by atoms with van der Waals surface area (Å²) in [5, 5.41) is 13.7. The van der Waals surface area contributed by atoms with Crippen LogP contribution < -0.4 is 5.32 Å². The Morgan fingerprint density at radius 2 is 1.08 bits per heavy atom. The summed E-state index contributed by atoms with van der Waals surface area (Å²) in [5.74, 6) is 0.166. The largest absolute Gasteiger partial charge is 0.478 e. The molecule has 0 saturated carbocycles. The lowest BCUT2D eigenvalue weighted by atomic mass is 9.92. The Morgan fingerprint density at radius 1 is 0.566 bits per heavy atom. The average Bonchev–Trinajstić information content (AvgIpc) is 4.01. The van der Waals surface area contributed by atoms with Crippen LogP contribution >= 0.6 is 0 Å². The quantitative estimate of drug-likeness (QED) is 0.230. The molecule has 0 spiro atoms. The number of hydrogen-bond acceptors (Lipinski definition) is 7. The number of piperidine rings is 2. The van der Waals surface area contributed by atoms with Gasteiger partial charge in [0.05, 0.1) is 22.5 Å². The molecular weight excluding hydrogens is 665 g/mol. The molecule has 2 aromatic carbocycles. The van der Waals surface area contributed by atoms with Gasteiger partial charge < -0.3 is 34.9 Å². The number of carbonyl (C=O) groups excluding carboxylic acids is 2. The summed E-state index contributed by atoms with van der Waals surface area (Å²) in [5.41, 5.74) is 3.09. The van der Waals surface area contributed by atoms with Crippen molar-refractivity contribution in [2.45, 2.75) is 83.5 Å². The van der Waals surface area contributed by atoms with E-state index in [1.807, 2.05) is 21.9 Å². The van der Waals surface area contributed by atoms with Crippen LogP contribution in [0, 0.1) is 11.8 Å². The van der Waals surface area contributed by atoms with Crippen molar-refractivity contribution < 1.29 is 19.5 Å². The van der Waals surface area contributed by atoms with Crippen LogP contribution in [0.5, 0.6) is 0 Å². The van der Waals surface area contributed by atoms with Crippen LogP contribution in [0.4, 0.5) is 11.4 Å². The molecule has 2 aromatic rings. The predicted octanol–water partition coefficient (Wildman–Crippen LogP) is 6.44. The van der Waals surface area contributed by atoms with Gasteiger partial charge in [0.2, 0.25) is 0 Å². The number of rotatable bonds is 14. The summed E-state index contributed by atoms with van der Waals surface area (Å²) in [6.45, 7) is 13.2. The van der Waals surface area contributed by atoms with Gasteiger partial charge in [-0.05, 0) is 184 Å². The minimum absolute atomic E-state index is 0.0282. The Bertz CT molecular complexity index is 1550. The zero-order valence-corrected chi connectivity index (χ0v) is 31.9. The Kier molecular flexibility index (Phi) is 13.0. The van der Waals surface area contributed by atoms with Crippen LogP contribution in [0.25, 0.3) is 0 Å². The molecule has 288 valence electrons. The molecule has 0 aromatic heterocycles. The van der Waals surface area contributed by atoms with E-state index in [-0.39, 0.29) is 17.4 Å². The van der Waals surface area contributed by atoms with Gasteiger partial charge in [-0.15, -0.1) is 0 Å². The van der Waals surface area contributed by atoms with Crippen LogP contribution in [-0.2, 0) is 6.42 Å². The number of hydrogen-bond donors (Lipinski definition) is 2. The molecule has 0 aliphatic carbocycles.